The van der Waals surface area contributed by atoms with E-state index in [4.69, 9.17) is 11.6 Å². The zero-order valence-corrected chi connectivity index (χ0v) is 9.59. The second-order valence-corrected chi connectivity index (χ2v) is 4.63. The van der Waals surface area contributed by atoms with Crippen molar-refractivity contribution in [2.75, 3.05) is 10.7 Å². The molecule has 1 atom stereocenters. The fourth-order valence-corrected chi connectivity index (χ4v) is 2.61. The van der Waals surface area contributed by atoms with Crippen LogP contribution in [0.15, 0.2) is 36.9 Å². The van der Waals surface area contributed by atoms with E-state index in [9.17, 15) is 4.79 Å². The summed E-state index contributed by atoms with van der Waals surface area (Å²) in [6.07, 6.45) is 1.80. The van der Waals surface area contributed by atoms with E-state index in [2.05, 4.69) is 6.58 Å². The first-order chi connectivity index (χ1) is 7.22. The van der Waals surface area contributed by atoms with Crippen LogP contribution in [0.4, 0.5) is 10.5 Å². The number of anilines is 1. The fourth-order valence-electron chi connectivity index (χ4n) is 1.51. The van der Waals surface area contributed by atoms with E-state index in [-0.39, 0.29) is 11.3 Å². The molecule has 78 valence electrons. The summed E-state index contributed by atoms with van der Waals surface area (Å²) in [5.41, 5.74) is 0.874. The summed E-state index contributed by atoms with van der Waals surface area (Å²) in [6.45, 7) is 3.74. The molecule has 1 aliphatic heterocycles. The summed E-state index contributed by atoms with van der Waals surface area (Å²) in [5, 5.41) is 0.746. The summed E-state index contributed by atoms with van der Waals surface area (Å²) in [6, 6.07) is 7.36. The van der Waals surface area contributed by atoms with Crippen LogP contribution in [0.3, 0.4) is 0 Å². The van der Waals surface area contributed by atoms with Gasteiger partial charge in [-0.05, 0) is 24.3 Å². The van der Waals surface area contributed by atoms with E-state index in [0.717, 1.165) is 11.4 Å². The van der Waals surface area contributed by atoms with Crippen LogP contribution in [0.25, 0.3) is 0 Å². The zero-order chi connectivity index (χ0) is 10.8. The van der Waals surface area contributed by atoms with E-state index in [1.807, 2.05) is 12.1 Å². The smallest absolute Gasteiger partial charge is 0.286 e. The molecule has 0 N–H and O–H groups in total. The first kappa shape index (κ1) is 10.6. The van der Waals surface area contributed by atoms with Gasteiger partial charge in [-0.15, -0.1) is 6.58 Å². The molecule has 2 rings (SSSR count). The molecule has 1 unspecified atom stereocenters. The van der Waals surface area contributed by atoms with Crippen LogP contribution in [0.2, 0.25) is 5.02 Å². The van der Waals surface area contributed by atoms with Gasteiger partial charge in [-0.1, -0.05) is 29.4 Å². The molecule has 1 heterocycles. The van der Waals surface area contributed by atoms with Crippen molar-refractivity contribution in [3.05, 3.63) is 41.9 Å². The molecule has 15 heavy (non-hydrogen) atoms. The van der Waals surface area contributed by atoms with Gasteiger partial charge in [0.15, 0.2) is 0 Å². The molecule has 1 amide bonds. The summed E-state index contributed by atoms with van der Waals surface area (Å²) < 4.78 is 0. The van der Waals surface area contributed by atoms with Crippen LogP contribution in [0.1, 0.15) is 0 Å². The minimum atomic E-state index is 0.0715. The first-order valence-electron chi connectivity index (χ1n) is 4.56. The summed E-state index contributed by atoms with van der Waals surface area (Å²) >= 11 is 7.12. The normalized spacial score (nSPS) is 20.7. The number of benzene rings is 1. The van der Waals surface area contributed by atoms with Gasteiger partial charge in [-0.2, -0.15) is 0 Å². The van der Waals surface area contributed by atoms with Crippen molar-refractivity contribution in [2.24, 2.45) is 0 Å². The number of hydrogen-bond donors (Lipinski definition) is 0. The third kappa shape index (κ3) is 2.03. The molecule has 1 aromatic carbocycles. The third-order valence-electron chi connectivity index (χ3n) is 2.28. The van der Waals surface area contributed by atoms with Gasteiger partial charge >= 0.3 is 0 Å². The topological polar surface area (TPSA) is 20.3 Å². The molecule has 1 aromatic rings. The summed E-state index contributed by atoms with van der Waals surface area (Å²) in [4.78, 5) is 13.4. The quantitative estimate of drug-likeness (QED) is 0.736. The molecule has 0 aromatic heterocycles. The Kier molecular flexibility index (Phi) is 3.03. The monoisotopic (exact) mass is 239 g/mol. The minimum Gasteiger partial charge on any atom is -0.296 e. The Morgan fingerprint density at radius 1 is 1.47 bits per heavy atom. The molecule has 0 bridgehead atoms. The summed E-state index contributed by atoms with van der Waals surface area (Å²) in [5.74, 6) is 0.769. The maximum Gasteiger partial charge on any atom is 0.286 e. The number of carbonyl (C=O) groups excluding carboxylic acids is 1. The maximum atomic E-state index is 11.6. The summed E-state index contributed by atoms with van der Waals surface area (Å²) in [7, 11) is 0. The van der Waals surface area contributed by atoms with Gasteiger partial charge in [0, 0.05) is 16.5 Å². The number of carbonyl (C=O) groups is 1. The Balaban J connectivity index is 2.32. The Hall–Kier alpha value is -0.930. The standard InChI is InChI=1S/C11H10ClNOS/c1-2-9-7-15-11(14)13(9)10-5-3-8(12)4-6-10/h2-6,9H,1,7H2. The SMILES string of the molecule is C=CC1CSC(=O)N1c1ccc(Cl)cc1. The van der Waals surface area contributed by atoms with Gasteiger partial charge < -0.3 is 0 Å². The van der Waals surface area contributed by atoms with Gasteiger partial charge in [-0.25, -0.2) is 0 Å². The number of amides is 1. The second kappa shape index (κ2) is 4.29. The molecule has 2 nitrogen and oxygen atoms in total. The van der Waals surface area contributed by atoms with Crippen LogP contribution in [0.5, 0.6) is 0 Å². The highest BCUT2D eigenvalue weighted by Crippen LogP contribution is 2.31. The van der Waals surface area contributed by atoms with Gasteiger partial charge in [0.25, 0.3) is 5.24 Å². The highest BCUT2D eigenvalue weighted by molar-refractivity contribution is 8.14. The average molecular weight is 240 g/mol. The lowest BCUT2D eigenvalue weighted by Gasteiger charge is -2.20. The van der Waals surface area contributed by atoms with Gasteiger partial charge in [0.2, 0.25) is 0 Å². The lowest BCUT2D eigenvalue weighted by molar-refractivity contribution is 0.265. The third-order valence-corrected chi connectivity index (χ3v) is 3.49. The van der Waals surface area contributed by atoms with Crippen molar-refractivity contribution in [2.45, 2.75) is 6.04 Å². The van der Waals surface area contributed by atoms with Crippen LogP contribution in [0, 0.1) is 0 Å². The molecule has 0 saturated carbocycles. The number of rotatable bonds is 2. The van der Waals surface area contributed by atoms with Crippen LogP contribution in [-0.2, 0) is 0 Å². The predicted octanol–water partition coefficient (Wildman–Crippen LogP) is 3.57. The number of hydrogen-bond acceptors (Lipinski definition) is 2. The lowest BCUT2D eigenvalue weighted by atomic mass is 10.2. The molecule has 1 saturated heterocycles. The Labute approximate surface area is 97.9 Å². The molecule has 0 aliphatic carbocycles. The van der Waals surface area contributed by atoms with E-state index in [1.165, 1.54) is 11.8 Å². The van der Waals surface area contributed by atoms with Gasteiger partial charge in [-0.3, -0.25) is 9.69 Å². The van der Waals surface area contributed by atoms with Crippen molar-refractivity contribution in [3.8, 4) is 0 Å². The van der Waals surface area contributed by atoms with Crippen molar-refractivity contribution in [1.29, 1.82) is 0 Å². The first-order valence-corrected chi connectivity index (χ1v) is 5.93. The molecule has 0 spiro atoms. The van der Waals surface area contributed by atoms with E-state index >= 15 is 0 Å². The van der Waals surface area contributed by atoms with E-state index in [0.29, 0.717) is 5.02 Å². The number of halogens is 1. The minimum absolute atomic E-state index is 0.0715. The number of thioether (sulfide) groups is 1. The lowest BCUT2D eigenvalue weighted by Crippen LogP contribution is -2.31. The predicted molar refractivity (Wildman–Crippen MR) is 65.8 cm³/mol. The molecule has 1 aliphatic rings. The average Bonchev–Trinajstić information content (AvgIpc) is 2.61. The van der Waals surface area contributed by atoms with Crippen LogP contribution in [-0.4, -0.2) is 17.0 Å². The molecule has 4 heteroatoms. The molecule has 1 fully saturated rings. The van der Waals surface area contributed by atoms with Crippen molar-refractivity contribution in [1.82, 2.24) is 0 Å². The fraction of sp³-hybridized carbons (Fsp3) is 0.182. The van der Waals surface area contributed by atoms with Gasteiger partial charge in [0.05, 0.1) is 6.04 Å². The van der Waals surface area contributed by atoms with E-state index in [1.54, 1.807) is 23.1 Å². The Bertz CT molecular complexity index is 390. The van der Waals surface area contributed by atoms with Gasteiger partial charge in [0.1, 0.15) is 0 Å². The van der Waals surface area contributed by atoms with Crippen LogP contribution < -0.4 is 4.90 Å². The largest absolute Gasteiger partial charge is 0.296 e. The van der Waals surface area contributed by atoms with Crippen molar-refractivity contribution in [3.63, 3.8) is 0 Å². The molecule has 0 radical (unpaired) electrons. The van der Waals surface area contributed by atoms with Crippen molar-refractivity contribution >= 4 is 34.3 Å². The highest BCUT2D eigenvalue weighted by atomic mass is 35.5. The Morgan fingerprint density at radius 3 is 2.73 bits per heavy atom. The van der Waals surface area contributed by atoms with Crippen molar-refractivity contribution < 1.29 is 4.79 Å². The maximum absolute atomic E-state index is 11.6. The van der Waals surface area contributed by atoms with E-state index < -0.39 is 0 Å². The molecular formula is C11H10ClNOS. The number of nitrogens with zero attached hydrogens (tertiary/aromatic N) is 1. The van der Waals surface area contributed by atoms with Crippen LogP contribution >= 0.6 is 23.4 Å². The zero-order valence-electron chi connectivity index (χ0n) is 8.02. The second-order valence-electron chi connectivity index (χ2n) is 3.23. The molecular weight excluding hydrogens is 230 g/mol. The highest BCUT2D eigenvalue weighted by Gasteiger charge is 2.30. The Morgan fingerprint density at radius 2 is 2.13 bits per heavy atom.